The second kappa shape index (κ2) is 5.01. The molecule has 0 radical (unpaired) electrons. The molecule has 0 aliphatic heterocycles. The summed E-state index contributed by atoms with van der Waals surface area (Å²) in [7, 11) is 0. The summed E-state index contributed by atoms with van der Waals surface area (Å²) >= 11 is 5.71. The van der Waals surface area contributed by atoms with Crippen molar-refractivity contribution < 1.29 is 19.0 Å². The van der Waals surface area contributed by atoms with Crippen LogP contribution in [0.15, 0.2) is 36.4 Å². The third kappa shape index (κ3) is 2.75. The van der Waals surface area contributed by atoms with Gasteiger partial charge in [-0.1, -0.05) is 17.7 Å². The van der Waals surface area contributed by atoms with E-state index >= 15 is 0 Å². The molecule has 0 saturated heterocycles. The molecule has 1 aromatic heterocycles. The molecular formula is C12H7ClFNO3. The molecule has 0 spiro atoms. The van der Waals surface area contributed by atoms with E-state index < -0.39 is 11.9 Å². The Kier molecular flexibility index (Phi) is 3.43. The van der Waals surface area contributed by atoms with Gasteiger partial charge in [0, 0.05) is 6.07 Å². The van der Waals surface area contributed by atoms with Crippen molar-refractivity contribution in [1.82, 2.24) is 4.98 Å². The van der Waals surface area contributed by atoms with Crippen LogP contribution in [0.2, 0.25) is 5.02 Å². The summed E-state index contributed by atoms with van der Waals surface area (Å²) in [5, 5.41) is 8.98. The zero-order valence-electron chi connectivity index (χ0n) is 8.93. The summed E-state index contributed by atoms with van der Waals surface area (Å²) in [5.41, 5.74) is -0.0921. The van der Waals surface area contributed by atoms with Crippen molar-refractivity contribution in [2.24, 2.45) is 0 Å². The molecule has 1 N–H and O–H groups in total. The highest BCUT2D eigenvalue weighted by atomic mass is 35.5. The maximum atomic E-state index is 12.8. The van der Waals surface area contributed by atoms with Crippen molar-refractivity contribution in [3.63, 3.8) is 0 Å². The fraction of sp³-hybridized carbons (Fsp3) is 0. The van der Waals surface area contributed by atoms with E-state index in [2.05, 4.69) is 4.98 Å². The predicted molar refractivity (Wildman–Crippen MR) is 62.7 cm³/mol. The summed E-state index contributed by atoms with van der Waals surface area (Å²) in [4.78, 5) is 14.4. The van der Waals surface area contributed by atoms with Crippen molar-refractivity contribution in [2.45, 2.75) is 0 Å². The van der Waals surface area contributed by atoms with Gasteiger partial charge in [-0.15, -0.1) is 0 Å². The van der Waals surface area contributed by atoms with E-state index in [1.54, 1.807) is 0 Å². The number of rotatable bonds is 3. The van der Waals surface area contributed by atoms with Gasteiger partial charge >= 0.3 is 5.97 Å². The van der Waals surface area contributed by atoms with E-state index in [4.69, 9.17) is 21.4 Å². The Morgan fingerprint density at radius 1 is 1.33 bits per heavy atom. The average molecular weight is 268 g/mol. The minimum atomic E-state index is -1.17. The molecule has 0 bridgehead atoms. The fourth-order valence-electron chi connectivity index (χ4n) is 1.30. The monoisotopic (exact) mass is 267 g/mol. The van der Waals surface area contributed by atoms with Gasteiger partial charge in [0.05, 0.1) is 10.6 Å². The summed E-state index contributed by atoms with van der Waals surface area (Å²) in [6.45, 7) is 0. The third-order valence-electron chi connectivity index (χ3n) is 2.08. The van der Waals surface area contributed by atoms with Crippen LogP contribution < -0.4 is 4.74 Å². The smallest absolute Gasteiger partial charge is 0.337 e. The summed E-state index contributed by atoms with van der Waals surface area (Å²) in [6.07, 6.45) is 0. The second-order valence-corrected chi connectivity index (χ2v) is 3.75. The molecular weight excluding hydrogens is 261 g/mol. The molecule has 0 amide bonds. The molecule has 0 aliphatic carbocycles. The Bertz CT molecular complexity index is 604. The number of pyridine rings is 1. The second-order valence-electron chi connectivity index (χ2n) is 3.35. The number of nitrogens with zero attached hydrogens (tertiary/aromatic N) is 1. The maximum absolute atomic E-state index is 12.8. The molecule has 2 aromatic rings. The molecule has 0 fully saturated rings. The van der Waals surface area contributed by atoms with Crippen LogP contribution in [-0.2, 0) is 0 Å². The molecule has 0 atom stereocenters. The highest BCUT2D eigenvalue weighted by Gasteiger charge is 2.10. The molecule has 0 unspecified atom stereocenters. The quantitative estimate of drug-likeness (QED) is 0.866. The van der Waals surface area contributed by atoms with Crippen LogP contribution in [0.1, 0.15) is 10.4 Å². The van der Waals surface area contributed by atoms with Crippen LogP contribution in [-0.4, -0.2) is 16.1 Å². The van der Waals surface area contributed by atoms with Crippen LogP contribution in [0.3, 0.4) is 0 Å². The van der Waals surface area contributed by atoms with E-state index in [1.165, 1.54) is 36.4 Å². The molecule has 1 heterocycles. The number of benzene rings is 1. The molecule has 2 rings (SSSR count). The molecule has 0 saturated carbocycles. The Morgan fingerprint density at radius 2 is 2.11 bits per heavy atom. The minimum Gasteiger partial charge on any atom is -0.478 e. The zero-order chi connectivity index (χ0) is 13.1. The van der Waals surface area contributed by atoms with Gasteiger partial charge in [-0.3, -0.25) is 0 Å². The van der Waals surface area contributed by atoms with Crippen molar-refractivity contribution >= 4 is 17.6 Å². The van der Waals surface area contributed by atoms with E-state index in [-0.39, 0.29) is 22.2 Å². The average Bonchev–Trinajstić information content (AvgIpc) is 2.31. The van der Waals surface area contributed by atoms with Gasteiger partial charge in [-0.05, 0) is 24.3 Å². The molecule has 1 aromatic carbocycles. The summed E-state index contributed by atoms with van der Waals surface area (Å²) in [5.74, 6) is -1.60. The SMILES string of the molecule is O=C(O)c1cc(Oc2cccc(F)n2)ccc1Cl. The third-order valence-corrected chi connectivity index (χ3v) is 2.41. The predicted octanol–water partition coefficient (Wildman–Crippen LogP) is 3.36. The standard InChI is InChI=1S/C12H7ClFNO3/c13-9-5-4-7(6-8(9)12(16)17)18-11-3-1-2-10(14)15-11/h1-6H,(H,16,17). The minimum absolute atomic E-state index is 0.0358. The first-order valence-electron chi connectivity index (χ1n) is 4.89. The highest BCUT2D eigenvalue weighted by Crippen LogP contribution is 2.25. The topological polar surface area (TPSA) is 59.4 Å². The Morgan fingerprint density at radius 3 is 2.78 bits per heavy atom. The number of carboxylic acids is 1. The lowest BCUT2D eigenvalue weighted by atomic mass is 10.2. The lowest BCUT2D eigenvalue weighted by Crippen LogP contribution is -1.98. The molecule has 0 aliphatic rings. The highest BCUT2D eigenvalue weighted by molar-refractivity contribution is 6.33. The number of carboxylic acid groups (broad SMARTS) is 1. The molecule has 18 heavy (non-hydrogen) atoms. The van der Waals surface area contributed by atoms with Gasteiger partial charge in [-0.25, -0.2) is 4.79 Å². The van der Waals surface area contributed by atoms with E-state index in [0.717, 1.165) is 0 Å². The number of halogens is 2. The zero-order valence-corrected chi connectivity index (χ0v) is 9.69. The number of aromatic carboxylic acids is 1. The Labute approximate surface area is 107 Å². The van der Waals surface area contributed by atoms with Gasteiger partial charge in [0.15, 0.2) is 0 Å². The lowest BCUT2D eigenvalue weighted by molar-refractivity contribution is 0.0696. The molecule has 4 nitrogen and oxygen atoms in total. The van der Waals surface area contributed by atoms with Gasteiger partial charge in [0.25, 0.3) is 0 Å². The first kappa shape index (κ1) is 12.3. The van der Waals surface area contributed by atoms with Gasteiger partial charge in [0.1, 0.15) is 5.75 Å². The van der Waals surface area contributed by atoms with Gasteiger partial charge < -0.3 is 9.84 Å². The van der Waals surface area contributed by atoms with Crippen LogP contribution in [0, 0.1) is 5.95 Å². The summed E-state index contributed by atoms with van der Waals surface area (Å²) in [6, 6.07) is 8.18. The van der Waals surface area contributed by atoms with Gasteiger partial charge in [0.2, 0.25) is 11.8 Å². The van der Waals surface area contributed by atoms with Crippen molar-refractivity contribution in [1.29, 1.82) is 0 Å². The van der Waals surface area contributed by atoms with Crippen molar-refractivity contribution in [3.8, 4) is 11.6 Å². The molecule has 6 heteroatoms. The first-order valence-corrected chi connectivity index (χ1v) is 5.27. The number of carbonyl (C=O) groups is 1. The van der Waals surface area contributed by atoms with Crippen LogP contribution in [0.5, 0.6) is 11.6 Å². The van der Waals surface area contributed by atoms with Crippen molar-refractivity contribution in [2.75, 3.05) is 0 Å². The van der Waals surface area contributed by atoms with Crippen molar-refractivity contribution in [3.05, 3.63) is 52.9 Å². The Hall–Kier alpha value is -2.14. The van der Waals surface area contributed by atoms with Gasteiger partial charge in [-0.2, -0.15) is 9.37 Å². The summed E-state index contributed by atoms with van der Waals surface area (Å²) < 4.78 is 18.1. The first-order chi connectivity index (χ1) is 8.56. The number of hydrogen-bond donors (Lipinski definition) is 1. The fourth-order valence-corrected chi connectivity index (χ4v) is 1.50. The lowest BCUT2D eigenvalue weighted by Gasteiger charge is -2.06. The maximum Gasteiger partial charge on any atom is 0.337 e. The van der Waals surface area contributed by atoms with Crippen LogP contribution in [0.25, 0.3) is 0 Å². The number of ether oxygens (including phenoxy) is 1. The normalized spacial score (nSPS) is 10.1. The van der Waals surface area contributed by atoms with Crippen LogP contribution >= 0.6 is 11.6 Å². The molecule has 92 valence electrons. The number of aromatic nitrogens is 1. The van der Waals surface area contributed by atoms with E-state index in [1.807, 2.05) is 0 Å². The van der Waals surface area contributed by atoms with E-state index in [9.17, 15) is 9.18 Å². The van der Waals surface area contributed by atoms with Crippen LogP contribution in [0.4, 0.5) is 4.39 Å². The van der Waals surface area contributed by atoms with E-state index in [0.29, 0.717) is 0 Å². The number of hydrogen-bond acceptors (Lipinski definition) is 3. The Balaban J connectivity index is 2.30. The largest absolute Gasteiger partial charge is 0.478 e.